The summed E-state index contributed by atoms with van der Waals surface area (Å²) in [7, 11) is 0. The Hall–Kier alpha value is -2.96. The lowest BCUT2D eigenvalue weighted by molar-refractivity contribution is -0.726. The lowest BCUT2D eigenvalue weighted by atomic mass is 9.98. The number of rotatable bonds is 9. The first kappa shape index (κ1) is 33.2. The van der Waals surface area contributed by atoms with Gasteiger partial charge in [-0.1, -0.05) is 24.7 Å². The second-order valence-corrected chi connectivity index (χ2v) is 11.2. The summed E-state index contributed by atoms with van der Waals surface area (Å²) in [6, 6.07) is 4.40. The maximum Gasteiger partial charge on any atom is 0.416 e. The molecule has 0 unspecified atom stereocenters. The van der Waals surface area contributed by atoms with E-state index < -0.39 is 29.2 Å². The number of carbonyl (C=O) groups excluding carboxylic acids is 2. The van der Waals surface area contributed by atoms with E-state index in [1.54, 1.807) is 43.8 Å². The van der Waals surface area contributed by atoms with Crippen molar-refractivity contribution in [3.8, 4) is 5.75 Å². The Kier molecular flexibility index (Phi) is 11.3. The normalized spacial score (nSPS) is 13.2. The first-order valence-electron chi connectivity index (χ1n) is 12.5. The second-order valence-electron chi connectivity index (χ2n) is 10.2. The Morgan fingerprint density at radius 2 is 1.90 bits per heavy atom. The van der Waals surface area contributed by atoms with Crippen molar-refractivity contribution in [1.29, 1.82) is 0 Å². The van der Waals surface area contributed by atoms with Crippen LogP contribution in [0.25, 0.3) is 10.2 Å². The van der Waals surface area contributed by atoms with Gasteiger partial charge in [-0.2, -0.15) is 22.7 Å². The van der Waals surface area contributed by atoms with Crippen molar-refractivity contribution in [3.63, 3.8) is 0 Å². The Bertz CT molecular complexity index is 1410. The second kappa shape index (κ2) is 13.6. The Labute approximate surface area is 240 Å². The zero-order valence-corrected chi connectivity index (χ0v) is 24.5. The summed E-state index contributed by atoms with van der Waals surface area (Å²) in [6.07, 6.45) is -0.408. The molecule has 13 heteroatoms. The number of amides is 1. The molecule has 2 heterocycles. The number of aliphatic hydroxyl groups is 1. The number of carbonyl (C=O) groups is 2. The first-order chi connectivity index (χ1) is 18.2. The fourth-order valence-corrected chi connectivity index (χ4v) is 4.48. The number of hydrogen-bond donors (Lipinski definition) is 1. The number of thiazole rings is 1. The number of fused-ring (bicyclic) bond motifs is 1. The highest BCUT2D eigenvalue weighted by atomic mass is 35.5. The number of aromatic nitrogens is 2. The average molecular weight is 604 g/mol. The minimum absolute atomic E-state index is 0. The van der Waals surface area contributed by atoms with Crippen molar-refractivity contribution in [2.24, 2.45) is 10.4 Å². The van der Waals surface area contributed by atoms with Crippen LogP contribution in [0.5, 0.6) is 5.75 Å². The topological polar surface area (TPSA) is 94.0 Å². The molecule has 1 N–H and O–H groups in total. The Morgan fingerprint density at radius 3 is 2.50 bits per heavy atom. The minimum atomic E-state index is -4.67. The molecule has 0 radical (unpaired) electrons. The molecule has 1 amide bonds. The largest absolute Gasteiger partial charge is 1.00 e. The van der Waals surface area contributed by atoms with E-state index in [2.05, 4.69) is 4.99 Å². The third-order valence-electron chi connectivity index (χ3n) is 5.59. The van der Waals surface area contributed by atoms with E-state index in [0.717, 1.165) is 35.2 Å². The van der Waals surface area contributed by atoms with Gasteiger partial charge in [0.2, 0.25) is 0 Å². The van der Waals surface area contributed by atoms with Gasteiger partial charge >= 0.3 is 12.1 Å². The predicted octanol–water partition coefficient (Wildman–Crippen LogP) is 1.86. The van der Waals surface area contributed by atoms with Crippen LogP contribution in [-0.4, -0.2) is 34.3 Å². The summed E-state index contributed by atoms with van der Waals surface area (Å²) in [5, 5.41) is 9.55. The number of nitrogens with zero attached hydrogens (tertiary/aromatic N) is 3. The zero-order valence-electron chi connectivity index (χ0n) is 22.9. The smallest absolute Gasteiger partial charge is 0.416 e. The molecule has 40 heavy (non-hydrogen) atoms. The molecule has 1 aromatic carbocycles. The van der Waals surface area contributed by atoms with Crippen LogP contribution in [0.2, 0.25) is 0 Å². The summed E-state index contributed by atoms with van der Waals surface area (Å²) in [6.45, 7) is 9.06. The molecule has 1 atom stereocenters. The van der Waals surface area contributed by atoms with E-state index in [1.165, 1.54) is 18.3 Å². The van der Waals surface area contributed by atoms with E-state index >= 15 is 0 Å². The molecule has 0 saturated carbocycles. The number of hydrogen-bond acceptors (Lipinski definition) is 6. The van der Waals surface area contributed by atoms with Crippen molar-refractivity contribution in [2.75, 3.05) is 6.61 Å². The predicted molar refractivity (Wildman–Crippen MR) is 139 cm³/mol. The number of aryl methyl sites for hydroxylation is 1. The molecule has 220 valence electrons. The minimum Gasteiger partial charge on any atom is -1.00 e. The standard InChI is InChI=1S/C27H33F3N3O5S.ClH/c1-6-7-11-33-20-14-32(16-38-24(36)26(3,4)5)12-10-22(20)39-25(33)31-23(35)19-13-18(27(28,29)30)8-9-21(19)37-15-17(2)34;/h8-10,12-14,17,34H,6-7,11,15-16H2,1-5H3;1H/q+1;/p-1/b31-25-;/t17-;/m0./s1. The van der Waals surface area contributed by atoms with E-state index in [-0.39, 0.29) is 43.0 Å². The highest BCUT2D eigenvalue weighted by Crippen LogP contribution is 2.33. The van der Waals surface area contributed by atoms with Crippen LogP contribution in [-0.2, 0) is 29.0 Å². The average Bonchev–Trinajstić information content (AvgIpc) is 3.19. The fourth-order valence-electron chi connectivity index (χ4n) is 3.46. The van der Waals surface area contributed by atoms with Crippen LogP contribution < -0.4 is 26.5 Å². The number of halogens is 4. The van der Waals surface area contributed by atoms with E-state index in [9.17, 15) is 27.9 Å². The Morgan fingerprint density at radius 1 is 1.20 bits per heavy atom. The maximum absolute atomic E-state index is 13.4. The third-order valence-corrected chi connectivity index (χ3v) is 6.65. The van der Waals surface area contributed by atoms with Gasteiger partial charge in [0, 0.05) is 12.6 Å². The van der Waals surface area contributed by atoms with Gasteiger partial charge in [0.25, 0.3) is 12.6 Å². The van der Waals surface area contributed by atoms with Gasteiger partial charge in [0.05, 0.1) is 27.3 Å². The molecule has 0 saturated heterocycles. The number of unbranched alkanes of at least 4 members (excludes halogenated alkanes) is 1. The Balaban J connectivity index is 0.00000560. The number of pyridine rings is 1. The number of esters is 1. The fraction of sp³-hybridized carbons (Fsp3) is 0.481. The maximum atomic E-state index is 13.4. The van der Waals surface area contributed by atoms with E-state index in [0.29, 0.717) is 17.4 Å². The van der Waals surface area contributed by atoms with Crippen LogP contribution in [0.1, 0.15) is 63.4 Å². The molecule has 2 aromatic heterocycles. The highest BCUT2D eigenvalue weighted by molar-refractivity contribution is 7.16. The molecular weight excluding hydrogens is 571 g/mol. The van der Waals surface area contributed by atoms with Crippen molar-refractivity contribution < 1.29 is 54.3 Å². The van der Waals surface area contributed by atoms with Gasteiger partial charge in [-0.25, -0.2) is 0 Å². The number of benzene rings is 1. The monoisotopic (exact) mass is 603 g/mol. The van der Waals surface area contributed by atoms with Gasteiger partial charge in [0.1, 0.15) is 17.9 Å². The summed E-state index contributed by atoms with van der Waals surface area (Å²) in [5.74, 6) is -1.35. The number of alkyl halides is 3. The van der Waals surface area contributed by atoms with Crippen molar-refractivity contribution >= 4 is 33.4 Å². The van der Waals surface area contributed by atoms with Crippen molar-refractivity contribution in [2.45, 2.75) is 73.0 Å². The third kappa shape index (κ3) is 8.52. The molecular formula is C27H33ClF3N3O5S. The van der Waals surface area contributed by atoms with Crippen LogP contribution in [0, 0.1) is 5.41 Å². The summed E-state index contributed by atoms with van der Waals surface area (Å²) >= 11 is 1.22. The number of aliphatic hydroxyl groups excluding tert-OH is 1. The summed E-state index contributed by atoms with van der Waals surface area (Å²) in [5.41, 5.74) is -1.27. The molecule has 0 bridgehead atoms. The van der Waals surface area contributed by atoms with Crippen molar-refractivity contribution in [1.82, 2.24) is 4.57 Å². The molecule has 0 aliphatic heterocycles. The molecule has 0 fully saturated rings. The van der Waals surface area contributed by atoms with Gasteiger partial charge in [0.15, 0.2) is 17.2 Å². The molecule has 0 aliphatic carbocycles. The zero-order chi connectivity index (χ0) is 29.0. The molecule has 3 aromatic rings. The SMILES string of the molecule is CCCCn1/c(=N/C(=O)c2cc(C(F)(F)F)ccc2OC[C@H](C)O)sc2cc[n+](COC(=O)C(C)(C)C)cc21.[Cl-]. The molecule has 0 spiro atoms. The van der Waals surface area contributed by atoms with Crippen LogP contribution in [0.3, 0.4) is 0 Å². The number of ether oxygens (including phenoxy) is 2. The van der Waals surface area contributed by atoms with E-state index in [4.69, 9.17) is 9.47 Å². The molecule has 3 rings (SSSR count). The van der Waals surface area contributed by atoms with Crippen LogP contribution in [0.4, 0.5) is 13.2 Å². The lowest BCUT2D eigenvalue weighted by Crippen LogP contribution is -3.00. The lowest BCUT2D eigenvalue weighted by Gasteiger charge is -2.14. The quantitative estimate of drug-likeness (QED) is 0.298. The van der Waals surface area contributed by atoms with Gasteiger partial charge in [-0.3, -0.25) is 9.59 Å². The van der Waals surface area contributed by atoms with Crippen LogP contribution in [0.15, 0.2) is 41.7 Å². The van der Waals surface area contributed by atoms with Crippen molar-refractivity contribution in [3.05, 3.63) is 52.6 Å². The van der Waals surface area contributed by atoms with Gasteiger partial charge in [-0.05, 0) is 52.3 Å². The molecule has 0 aliphatic rings. The van der Waals surface area contributed by atoms with Gasteiger partial charge < -0.3 is 31.6 Å². The molecule has 8 nitrogen and oxygen atoms in total. The first-order valence-corrected chi connectivity index (χ1v) is 13.3. The van der Waals surface area contributed by atoms with Gasteiger partial charge in [-0.15, -0.1) is 0 Å². The summed E-state index contributed by atoms with van der Waals surface area (Å²) in [4.78, 5) is 30.0. The highest BCUT2D eigenvalue weighted by Gasteiger charge is 2.32. The van der Waals surface area contributed by atoms with Crippen LogP contribution >= 0.6 is 11.3 Å². The summed E-state index contributed by atoms with van der Waals surface area (Å²) < 4.78 is 55.4. The van der Waals surface area contributed by atoms with E-state index in [1.807, 2.05) is 11.5 Å².